The van der Waals surface area contributed by atoms with Gasteiger partial charge in [-0.25, -0.2) is 19.6 Å². The van der Waals surface area contributed by atoms with Crippen LogP contribution in [0.25, 0.3) is 0 Å². The predicted molar refractivity (Wildman–Crippen MR) is 71.1 cm³/mol. The molecule has 0 saturated heterocycles. The lowest BCUT2D eigenvalue weighted by atomic mass is 10.1. The molecule has 7 heteroatoms. The Morgan fingerprint density at radius 3 is 2.70 bits per heavy atom. The van der Waals surface area contributed by atoms with Crippen LogP contribution in [0, 0.1) is 18.6 Å². The summed E-state index contributed by atoms with van der Waals surface area (Å²) >= 11 is 0. The van der Waals surface area contributed by atoms with Crippen molar-refractivity contribution >= 4 is 17.4 Å². The summed E-state index contributed by atoms with van der Waals surface area (Å²) in [7, 11) is 0. The minimum atomic E-state index is -0.854. The van der Waals surface area contributed by atoms with Gasteiger partial charge < -0.3 is 10.7 Å². The first-order valence-corrected chi connectivity index (χ1v) is 5.71. The molecule has 0 unspecified atom stereocenters. The zero-order valence-electron chi connectivity index (χ0n) is 10.6. The molecule has 0 spiro atoms. The quantitative estimate of drug-likeness (QED) is 0.594. The third kappa shape index (κ3) is 2.72. The fraction of sp³-hybridized carbons (Fsp3) is 0.0769. The van der Waals surface area contributed by atoms with Crippen LogP contribution in [0.4, 0.5) is 20.3 Å². The van der Waals surface area contributed by atoms with Gasteiger partial charge in [0.1, 0.15) is 5.82 Å². The Labute approximate surface area is 113 Å². The minimum absolute atomic E-state index is 0.211. The molecular weight excluding hydrogens is 266 g/mol. The fourth-order valence-corrected chi connectivity index (χ4v) is 1.68. The molecule has 0 fully saturated rings. The molecule has 1 aromatic heterocycles. The molecule has 0 aliphatic heterocycles. The van der Waals surface area contributed by atoms with Gasteiger partial charge >= 0.3 is 0 Å². The normalized spacial score (nSPS) is 10.2. The lowest BCUT2D eigenvalue weighted by Gasteiger charge is -2.10. The van der Waals surface area contributed by atoms with Gasteiger partial charge in [0.25, 0.3) is 5.91 Å². The molecule has 104 valence electrons. The highest BCUT2D eigenvalue weighted by atomic mass is 19.1. The monoisotopic (exact) mass is 278 g/mol. The largest absolute Gasteiger partial charge is 0.322 e. The number of nitrogens with two attached hydrogens (primary N) is 1. The molecule has 1 aromatic carbocycles. The SMILES string of the molecule is Cc1cc(F)ccc1NC(=O)c1ccnc(NN)c1F. The number of carbonyl (C=O) groups is 1. The number of nitrogen functional groups attached to an aromatic ring is 1. The molecular formula is C13H12F2N4O. The number of aromatic nitrogens is 1. The van der Waals surface area contributed by atoms with Crippen LogP contribution in [-0.2, 0) is 0 Å². The number of hydrogen-bond acceptors (Lipinski definition) is 4. The van der Waals surface area contributed by atoms with Crippen molar-refractivity contribution in [3.8, 4) is 0 Å². The Morgan fingerprint density at radius 1 is 1.30 bits per heavy atom. The molecule has 0 bridgehead atoms. The van der Waals surface area contributed by atoms with E-state index in [-0.39, 0.29) is 11.4 Å². The number of rotatable bonds is 3. The van der Waals surface area contributed by atoms with Crippen LogP contribution < -0.4 is 16.6 Å². The average molecular weight is 278 g/mol. The smallest absolute Gasteiger partial charge is 0.258 e. The average Bonchev–Trinajstić information content (AvgIpc) is 2.42. The molecule has 5 nitrogen and oxygen atoms in total. The molecule has 0 aliphatic rings. The van der Waals surface area contributed by atoms with Crippen LogP contribution in [0.1, 0.15) is 15.9 Å². The van der Waals surface area contributed by atoms with E-state index in [1.54, 1.807) is 6.92 Å². The van der Waals surface area contributed by atoms with Crippen LogP contribution in [0.5, 0.6) is 0 Å². The second-order valence-corrected chi connectivity index (χ2v) is 4.08. The molecule has 4 N–H and O–H groups in total. The van der Waals surface area contributed by atoms with Crippen LogP contribution >= 0.6 is 0 Å². The van der Waals surface area contributed by atoms with E-state index in [0.717, 1.165) is 0 Å². The van der Waals surface area contributed by atoms with Crippen LogP contribution in [-0.4, -0.2) is 10.9 Å². The number of carbonyl (C=O) groups excluding carboxylic acids is 1. The molecule has 0 aliphatic carbocycles. The van der Waals surface area contributed by atoms with Crippen molar-refractivity contribution in [3.63, 3.8) is 0 Å². The van der Waals surface area contributed by atoms with Crippen molar-refractivity contribution < 1.29 is 13.6 Å². The number of pyridine rings is 1. The third-order valence-corrected chi connectivity index (χ3v) is 2.71. The maximum atomic E-state index is 13.9. The highest BCUT2D eigenvalue weighted by molar-refractivity contribution is 6.05. The van der Waals surface area contributed by atoms with E-state index in [0.29, 0.717) is 11.3 Å². The maximum Gasteiger partial charge on any atom is 0.258 e. The van der Waals surface area contributed by atoms with E-state index >= 15 is 0 Å². The highest BCUT2D eigenvalue weighted by Crippen LogP contribution is 2.19. The summed E-state index contributed by atoms with van der Waals surface area (Å²) in [5.41, 5.74) is 2.78. The van der Waals surface area contributed by atoms with Crippen molar-refractivity contribution in [3.05, 3.63) is 53.2 Å². The van der Waals surface area contributed by atoms with Crippen molar-refractivity contribution in [2.24, 2.45) is 5.84 Å². The van der Waals surface area contributed by atoms with Gasteiger partial charge in [0, 0.05) is 11.9 Å². The number of hydrazine groups is 1. The Bertz CT molecular complexity index is 661. The molecule has 1 heterocycles. The highest BCUT2D eigenvalue weighted by Gasteiger charge is 2.16. The van der Waals surface area contributed by atoms with Gasteiger partial charge in [-0.05, 0) is 36.8 Å². The van der Waals surface area contributed by atoms with Crippen LogP contribution in [0.2, 0.25) is 0 Å². The first-order chi connectivity index (χ1) is 9.52. The zero-order chi connectivity index (χ0) is 14.7. The van der Waals surface area contributed by atoms with E-state index < -0.39 is 17.5 Å². The number of aryl methyl sites for hydroxylation is 1. The topological polar surface area (TPSA) is 80.0 Å². The van der Waals surface area contributed by atoms with Gasteiger partial charge in [0.05, 0.1) is 5.56 Å². The minimum Gasteiger partial charge on any atom is -0.322 e. The number of anilines is 2. The maximum absolute atomic E-state index is 13.9. The first-order valence-electron chi connectivity index (χ1n) is 5.71. The van der Waals surface area contributed by atoms with Crippen molar-refractivity contribution in [2.75, 3.05) is 10.7 Å². The number of hydrogen-bond donors (Lipinski definition) is 3. The van der Waals surface area contributed by atoms with Crippen molar-refractivity contribution in [1.29, 1.82) is 0 Å². The summed E-state index contributed by atoms with van der Waals surface area (Å²) in [6.07, 6.45) is 1.25. The van der Waals surface area contributed by atoms with Gasteiger partial charge in [0.15, 0.2) is 11.6 Å². The van der Waals surface area contributed by atoms with Crippen molar-refractivity contribution in [2.45, 2.75) is 6.92 Å². The molecule has 2 rings (SSSR count). The van der Waals surface area contributed by atoms with Gasteiger partial charge in [-0.15, -0.1) is 0 Å². The van der Waals surface area contributed by atoms with E-state index in [4.69, 9.17) is 5.84 Å². The lowest BCUT2D eigenvalue weighted by Crippen LogP contribution is -2.18. The molecule has 0 atom stereocenters. The van der Waals surface area contributed by atoms with Crippen molar-refractivity contribution in [1.82, 2.24) is 4.98 Å². The second-order valence-electron chi connectivity index (χ2n) is 4.08. The standard InChI is InChI=1S/C13H12F2N4O/c1-7-6-8(14)2-3-10(7)18-13(20)9-4-5-17-12(19-16)11(9)15/h2-6H,16H2,1H3,(H,17,19)(H,18,20). The summed E-state index contributed by atoms with van der Waals surface area (Å²) in [6.45, 7) is 1.63. The Morgan fingerprint density at radius 2 is 2.05 bits per heavy atom. The summed E-state index contributed by atoms with van der Waals surface area (Å²) in [6, 6.07) is 5.11. The summed E-state index contributed by atoms with van der Waals surface area (Å²) < 4.78 is 26.8. The predicted octanol–water partition coefficient (Wildman–Crippen LogP) is 2.21. The van der Waals surface area contributed by atoms with Crippen LogP contribution in [0.3, 0.4) is 0 Å². The second kappa shape index (κ2) is 5.62. The Kier molecular flexibility index (Phi) is 3.90. The van der Waals surface area contributed by atoms with E-state index in [1.165, 1.54) is 30.5 Å². The lowest BCUT2D eigenvalue weighted by molar-refractivity contribution is 0.102. The Hall–Kier alpha value is -2.54. The van der Waals surface area contributed by atoms with Crippen LogP contribution in [0.15, 0.2) is 30.5 Å². The van der Waals surface area contributed by atoms with E-state index in [9.17, 15) is 13.6 Å². The number of halogens is 2. The molecule has 2 aromatic rings. The van der Waals surface area contributed by atoms with Gasteiger partial charge in [-0.3, -0.25) is 4.79 Å². The van der Waals surface area contributed by atoms with Gasteiger partial charge in [-0.1, -0.05) is 0 Å². The van der Waals surface area contributed by atoms with E-state index in [2.05, 4.69) is 15.7 Å². The van der Waals surface area contributed by atoms with Gasteiger partial charge in [-0.2, -0.15) is 0 Å². The molecule has 1 amide bonds. The first kappa shape index (κ1) is 13.9. The molecule has 0 radical (unpaired) electrons. The zero-order valence-corrected chi connectivity index (χ0v) is 10.6. The fourth-order valence-electron chi connectivity index (χ4n) is 1.68. The van der Waals surface area contributed by atoms with E-state index in [1.807, 2.05) is 0 Å². The van der Waals surface area contributed by atoms with Gasteiger partial charge in [0.2, 0.25) is 0 Å². The number of nitrogens with zero attached hydrogens (tertiary/aromatic N) is 1. The summed E-state index contributed by atoms with van der Waals surface area (Å²) in [4.78, 5) is 15.6. The Balaban J connectivity index is 2.28. The number of nitrogens with one attached hydrogen (secondary N) is 2. The number of amides is 1. The third-order valence-electron chi connectivity index (χ3n) is 2.71. The molecule has 0 saturated carbocycles. The summed E-state index contributed by atoms with van der Waals surface area (Å²) in [5.74, 6) is 2.92. The summed E-state index contributed by atoms with van der Waals surface area (Å²) in [5, 5.41) is 2.50. The number of benzene rings is 1. The molecule has 20 heavy (non-hydrogen) atoms.